The first-order valence-corrected chi connectivity index (χ1v) is 9.30. The van der Waals surface area contributed by atoms with Crippen LogP contribution in [0.5, 0.6) is 0 Å². The second-order valence-electron chi connectivity index (χ2n) is 4.50. The van der Waals surface area contributed by atoms with Crippen molar-refractivity contribution >= 4 is 29.5 Å². The fourth-order valence-corrected chi connectivity index (χ4v) is 2.56. The molecule has 0 radical (unpaired) electrons. The molecule has 0 saturated carbocycles. The maximum atomic E-state index is 4.34. The van der Waals surface area contributed by atoms with Crippen molar-refractivity contribution in [1.82, 2.24) is 4.98 Å². The lowest BCUT2D eigenvalue weighted by Crippen LogP contribution is -2.16. The Morgan fingerprint density at radius 3 is 2.80 bits per heavy atom. The summed E-state index contributed by atoms with van der Waals surface area (Å²) in [7, 11) is -1.30. The molecule has 0 bridgehead atoms. The Bertz CT molecular complexity index is 540. The predicted octanol–water partition coefficient (Wildman–Crippen LogP) is 3.53. The number of thiophene rings is 1. The maximum absolute atomic E-state index is 4.34. The molecule has 0 spiro atoms. The highest BCUT2D eigenvalue weighted by Crippen LogP contribution is 2.22. The Kier molecular flexibility index (Phi) is 2.64. The van der Waals surface area contributed by atoms with Crippen molar-refractivity contribution in [3.8, 4) is 11.5 Å². The van der Waals surface area contributed by atoms with E-state index in [9.17, 15) is 0 Å². The molecule has 0 aliphatic carbocycles. The molecule has 0 fully saturated rings. The smallest absolute Gasteiger partial charge is 0.130 e. The Hall–Kier alpha value is -1.11. The van der Waals surface area contributed by atoms with Crippen LogP contribution in [0.2, 0.25) is 19.6 Å². The fourth-order valence-electron chi connectivity index (χ4n) is 1.23. The quantitative estimate of drug-likeness (QED) is 0.499. The molecule has 0 N–H and O–H groups in total. The summed E-state index contributed by atoms with van der Waals surface area (Å²) in [6.45, 7) is 6.73. The van der Waals surface area contributed by atoms with E-state index in [1.165, 1.54) is 10.1 Å². The monoisotopic (exact) mass is 231 g/mol. The van der Waals surface area contributed by atoms with E-state index in [2.05, 4.69) is 47.5 Å². The van der Waals surface area contributed by atoms with Gasteiger partial charge in [0.2, 0.25) is 0 Å². The number of rotatable bonds is 0. The number of fused-ring (bicyclic) bond motifs is 1. The van der Waals surface area contributed by atoms with Crippen LogP contribution in [0.4, 0.5) is 0 Å². The predicted molar refractivity (Wildman–Crippen MR) is 69.8 cm³/mol. The summed E-state index contributed by atoms with van der Waals surface area (Å²) in [6.07, 6.45) is 1.84. The van der Waals surface area contributed by atoms with E-state index < -0.39 is 8.07 Å². The van der Waals surface area contributed by atoms with Crippen LogP contribution < -0.4 is 0 Å². The molecule has 0 saturated heterocycles. The van der Waals surface area contributed by atoms with Crippen LogP contribution in [0.15, 0.2) is 23.7 Å². The Labute approximate surface area is 95.2 Å². The molecular formula is C12H13NSSi. The number of pyridine rings is 1. The highest BCUT2D eigenvalue weighted by Gasteiger charge is 2.08. The third-order valence-corrected chi connectivity index (χ3v) is 3.74. The highest BCUT2D eigenvalue weighted by atomic mass is 32.1. The third kappa shape index (κ3) is 2.47. The number of nitrogens with zero attached hydrogens (tertiary/aromatic N) is 1. The van der Waals surface area contributed by atoms with E-state index in [4.69, 9.17) is 0 Å². The highest BCUT2D eigenvalue weighted by molar-refractivity contribution is 7.17. The molecule has 2 heterocycles. The molecule has 0 aromatic carbocycles. The van der Waals surface area contributed by atoms with Crippen molar-refractivity contribution in [2.75, 3.05) is 0 Å². The minimum Gasteiger partial charge on any atom is -0.246 e. The molecule has 1 nitrogen and oxygen atoms in total. The fraction of sp³-hybridized carbons (Fsp3) is 0.250. The number of hydrogen-bond donors (Lipinski definition) is 0. The lowest BCUT2D eigenvalue weighted by Gasteiger charge is -2.03. The van der Waals surface area contributed by atoms with Gasteiger partial charge in [0, 0.05) is 6.20 Å². The van der Waals surface area contributed by atoms with Crippen LogP contribution in [-0.2, 0) is 0 Å². The van der Waals surface area contributed by atoms with Gasteiger partial charge in [-0.2, -0.15) is 0 Å². The minimum absolute atomic E-state index is 0.935. The summed E-state index contributed by atoms with van der Waals surface area (Å²) in [4.78, 5) is 4.34. The standard InChI is InChI=1S/C12H13NSSi/c1-15(2,3)9-6-11-12-10(4-7-13-11)5-8-14-12/h4-5,7-8H,1-3H3. The van der Waals surface area contributed by atoms with E-state index in [1.807, 2.05) is 12.3 Å². The summed E-state index contributed by atoms with van der Waals surface area (Å²) >= 11 is 1.71. The van der Waals surface area contributed by atoms with E-state index in [1.54, 1.807) is 11.3 Å². The van der Waals surface area contributed by atoms with Gasteiger partial charge < -0.3 is 0 Å². The van der Waals surface area contributed by atoms with Gasteiger partial charge in [0.05, 0.1) is 4.70 Å². The summed E-state index contributed by atoms with van der Waals surface area (Å²) in [5.74, 6) is 3.22. The summed E-state index contributed by atoms with van der Waals surface area (Å²) in [5, 5.41) is 3.33. The van der Waals surface area contributed by atoms with Gasteiger partial charge in [-0.3, -0.25) is 0 Å². The van der Waals surface area contributed by atoms with Crippen molar-refractivity contribution in [2.24, 2.45) is 0 Å². The van der Waals surface area contributed by atoms with Gasteiger partial charge in [-0.15, -0.1) is 16.9 Å². The SMILES string of the molecule is C[Si](C)(C)C#Cc1nccc2ccsc12. The molecule has 15 heavy (non-hydrogen) atoms. The molecule has 2 rings (SSSR count). The normalized spacial score (nSPS) is 11.1. The van der Waals surface area contributed by atoms with Crippen LogP contribution in [-0.4, -0.2) is 13.1 Å². The van der Waals surface area contributed by atoms with Crippen LogP contribution in [0.25, 0.3) is 10.1 Å². The average Bonchev–Trinajstić information content (AvgIpc) is 2.61. The summed E-state index contributed by atoms with van der Waals surface area (Å²) in [6, 6.07) is 4.15. The zero-order valence-electron chi connectivity index (χ0n) is 9.16. The first kappa shape index (κ1) is 10.4. The first-order chi connectivity index (χ1) is 7.06. The van der Waals surface area contributed by atoms with Crippen LogP contribution in [0, 0.1) is 11.5 Å². The van der Waals surface area contributed by atoms with Crippen molar-refractivity contribution in [1.29, 1.82) is 0 Å². The van der Waals surface area contributed by atoms with Crippen molar-refractivity contribution in [3.63, 3.8) is 0 Å². The molecule has 0 amide bonds. The van der Waals surface area contributed by atoms with Gasteiger partial charge in [-0.1, -0.05) is 25.6 Å². The van der Waals surface area contributed by atoms with Gasteiger partial charge >= 0.3 is 0 Å². The van der Waals surface area contributed by atoms with Crippen molar-refractivity contribution in [3.05, 3.63) is 29.4 Å². The molecule has 3 heteroatoms. The summed E-state index contributed by atoms with van der Waals surface area (Å²) < 4.78 is 1.21. The van der Waals surface area contributed by atoms with Gasteiger partial charge in [0.1, 0.15) is 13.8 Å². The molecule has 2 aromatic heterocycles. The van der Waals surface area contributed by atoms with Gasteiger partial charge in [0.25, 0.3) is 0 Å². The largest absolute Gasteiger partial charge is 0.246 e. The molecule has 0 aliphatic rings. The molecule has 0 aliphatic heterocycles. The van der Waals surface area contributed by atoms with Gasteiger partial charge in [0.15, 0.2) is 0 Å². The van der Waals surface area contributed by atoms with E-state index in [0.717, 1.165) is 5.69 Å². The van der Waals surface area contributed by atoms with E-state index >= 15 is 0 Å². The van der Waals surface area contributed by atoms with E-state index in [0.29, 0.717) is 0 Å². The lowest BCUT2D eigenvalue weighted by molar-refractivity contribution is 1.33. The van der Waals surface area contributed by atoms with Crippen LogP contribution in [0.3, 0.4) is 0 Å². The maximum Gasteiger partial charge on any atom is 0.130 e. The van der Waals surface area contributed by atoms with Crippen molar-refractivity contribution in [2.45, 2.75) is 19.6 Å². The zero-order chi connectivity index (χ0) is 10.9. The van der Waals surface area contributed by atoms with Crippen LogP contribution in [0.1, 0.15) is 5.69 Å². The van der Waals surface area contributed by atoms with Gasteiger partial charge in [-0.05, 0) is 22.9 Å². The average molecular weight is 231 g/mol. The molecule has 2 aromatic rings. The van der Waals surface area contributed by atoms with Gasteiger partial charge in [-0.25, -0.2) is 4.98 Å². The van der Waals surface area contributed by atoms with Crippen LogP contribution >= 0.6 is 11.3 Å². The molecule has 0 atom stereocenters. The number of aromatic nitrogens is 1. The topological polar surface area (TPSA) is 12.9 Å². The first-order valence-electron chi connectivity index (χ1n) is 4.92. The lowest BCUT2D eigenvalue weighted by atomic mass is 10.3. The zero-order valence-corrected chi connectivity index (χ0v) is 11.0. The molecular weight excluding hydrogens is 218 g/mol. The third-order valence-electron chi connectivity index (χ3n) is 1.92. The number of hydrogen-bond acceptors (Lipinski definition) is 2. The Morgan fingerprint density at radius 1 is 1.27 bits per heavy atom. The van der Waals surface area contributed by atoms with E-state index in [-0.39, 0.29) is 0 Å². The van der Waals surface area contributed by atoms with Crippen molar-refractivity contribution < 1.29 is 0 Å². The molecule has 76 valence electrons. The summed E-state index contributed by atoms with van der Waals surface area (Å²) in [5.41, 5.74) is 4.29. The molecule has 0 unspecified atom stereocenters. The second kappa shape index (κ2) is 3.80. The Morgan fingerprint density at radius 2 is 2.07 bits per heavy atom. The minimum atomic E-state index is -1.30. The Balaban J connectivity index is 2.51. The second-order valence-corrected chi connectivity index (χ2v) is 10.2.